The lowest BCUT2D eigenvalue weighted by Gasteiger charge is -2.31. The molecule has 5 heteroatoms. The second kappa shape index (κ2) is 6.71. The van der Waals surface area contributed by atoms with Crippen molar-refractivity contribution in [1.82, 2.24) is 0 Å². The molecule has 17 heavy (non-hydrogen) atoms. The van der Waals surface area contributed by atoms with E-state index in [0.717, 1.165) is 0 Å². The lowest BCUT2D eigenvalue weighted by molar-refractivity contribution is -0.885. The van der Waals surface area contributed by atoms with E-state index in [4.69, 9.17) is 17.4 Å². The molecule has 0 rings (SSSR count). The summed E-state index contributed by atoms with van der Waals surface area (Å²) in [5.74, 6) is -3.02. The molecular formula is C12H24NO4+. The van der Waals surface area contributed by atoms with E-state index in [-0.39, 0.29) is 12.3 Å². The highest BCUT2D eigenvalue weighted by molar-refractivity contribution is 5.79. The summed E-state index contributed by atoms with van der Waals surface area (Å²) < 4.78 is 66.6. The Hall–Kier alpha value is -0.940. The third kappa shape index (κ3) is 8.83. The lowest BCUT2D eigenvalue weighted by Crippen LogP contribution is -2.49. The van der Waals surface area contributed by atoms with E-state index >= 15 is 0 Å². The smallest absolute Gasteiger partial charge is 0.306 e. The normalized spacial score (nSPS) is 25.8. The molecule has 5 nitrogen and oxygen atoms in total. The maximum atomic E-state index is 12.2. The largest absolute Gasteiger partial charge is 0.481 e. The molecule has 0 aliphatic carbocycles. The lowest BCUT2D eigenvalue weighted by atomic mass is 10.1. The molecule has 100 valence electrons. The van der Waals surface area contributed by atoms with Gasteiger partial charge in [-0.05, 0) is 5.92 Å². The molecule has 0 aromatic heterocycles. The van der Waals surface area contributed by atoms with Crippen molar-refractivity contribution in [3.05, 3.63) is 0 Å². The first-order valence-corrected chi connectivity index (χ1v) is 5.07. The average Bonchev–Trinajstić information content (AvgIpc) is 2.29. The van der Waals surface area contributed by atoms with Crippen LogP contribution in [0.3, 0.4) is 0 Å². The fourth-order valence-corrected chi connectivity index (χ4v) is 1.23. The van der Waals surface area contributed by atoms with Gasteiger partial charge in [-0.25, -0.2) is 0 Å². The van der Waals surface area contributed by atoms with Crippen LogP contribution < -0.4 is 0 Å². The van der Waals surface area contributed by atoms with Gasteiger partial charge in [0.2, 0.25) is 0 Å². The van der Waals surface area contributed by atoms with Gasteiger partial charge in [-0.2, -0.15) is 0 Å². The summed E-state index contributed by atoms with van der Waals surface area (Å²) in [6.07, 6.45) is -5.46. The third-order valence-corrected chi connectivity index (χ3v) is 1.69. The summed E-state index contributed by atoms with van der Waals surface area (Å²) in [5, 5.41) is 18.8. The van der Waals surface area contributed by atoms with Crippen LogP contribution in [0, 0.1) is 5.92 Å². The van der Waals surface area contributed by atoms with Crippen LogP contribution in [0.4, 0.5) is 0 Å². The number of quaternary nitrogens is 1. The average molecular weight is 255 g/mol. The second-order valence-corrected chi connectivity index (χ2v) is 4.23. The molecule has 1 unspecified atom stereocenters. The van der Waals surface area contributed by atoms with Crippen molar-refractivity contribution in [2.24, 2.45) is 5.92 Å². The zero-order valence-corrected chi connectivity index (χ0v) is 9.86. The molecule has 0 aromatic rings. The van der Waals surface area contributed by atoms with Crippen molar-refractivity contribution < 1.29 is 36.6 Å². The Labute approximate surface area is 115 Å². The molecule has 0 spiro atoms. The SMILES string of the molecule is [2H]C(O)(CC(=O)O)C([2H])([2H])[N+](CC(=O)CC(C)C)(C([2H])([2H])[2H])C([2H])([2H])[2H]. The van der Waals surface area contributed by atoms with Crippen molar-refractivity contribution in [3.63, 3.8) is 0 Å². The van der Waals surface area contributed by atoms with Crippen molar-refractivity contribution in [3.8, 4) is 0 Å². The number of carbonyl (C=O) groups is 2. The predicted octanol–water partition coefficient (Wildman–Crippen LogP) is 0.514. The summed E-state index contributed by atoms with van der Waals surface area (Å²) in [6.45, 7) is -9.38. The standard InChI is InChI=1S/C12H23NO4/c1-9(2)5-10(14)7-13(3,4)8-11(15)6-12(16)17/h9,11,15H,5-8H2,1-4H3/p+1/i3D3,4D3,8D2,11D. The molecule has 1 atom stereocenters. The summed E-state index contributed by atoms with van der Waals surface area (Å²) in [7, 11) is 0. The van der Waals surface area contributed by atoms with E-state index in [2.05, 4.69) is 0 Å². The topological polar surface area (TPSA) is 74.6 Å². The van der Waals surface area contributed by atoms with Crippen molar-refractivity contribution in [2.45, 2.75) is 32.8 Å². The number of ketones is 1. The molecule has 2 N–H and O–H groups in total. The van der Waals surface area contributed by atoms with E-state index in [1.807, 2.05) is 0 Å². The Morgan fingerprint density at radius 3 is 2.41 bits per heavy atom. The number of aliphatic hydroxyl groups is 1. The maximum Gasteiger partial charge on any atom is 0.306 e. The van der Waals surface area contributed by atoms with Gasteiger partial charge in [0, 0.05) is 6.42 Å². The van der Waals surface area contributed by atoms with Crippen LogP contribution in [0.5, 0.6) is 0 Å². The van der Waals surface area contributed by atoms with E-state index in [1.165, 1.54) is 0 Å². The van der Waals surface area contributed by atoms with Gasteiger partial charge in [0.1, 0.15) is 19.1 Å². The van der Waals surface area contributed by atoms with Crippen molar-refractivity contribution in [1.29, 1.82) is 0 Å². The fourth-order valence-electron chi connectivity index (χ4n) is 1.23. The highest BCUT2D eigenvalue weighted by Crippen LogP contribution is 2.07. The zero-order valence-electron chi connectivity index (χ0n) is 18.9. The Morgan fingerprint density at radius 2 is 2.00 bits per heavy atom. The van der Waals surface area contributed by atoms with Crippen LogP contribution in [0.1, 0.15) is 39.0 Å². The first-order chi connectivity index (χ1) is 11.2. The highest BCUT2D eigenvalue weighted by Gasteiger charge is 2.25. The quantitative estimate of drug-likeness (QED) is 0.620. The van der Waals surface area contributed by atoms with Gasteiger partial charge in [0.15, 0.2) is 5.78 Å². The summed E-state index contributed by atoms with van der Waals surface area (Å²) in [6, 6.07) is 0. The molecule has 0 heterocycles. The third-order valence-electron chi connectivity index (χ3n) is 1.69. The number of likely N-dealkylation sites (N-methyl/N-ethyl adjacent to an activating group) is 1. The molecule has 0 bridgehead atoms. The molecule has 0 fully saturated rings. The monoisotopic (exact) mass is 255 g/mol. The summed E-state index contributed by atoms with van der Waals surface area (Å²) >= 11 is 0. The molecule has 0 saturated heterocycles. The Morgan fingerprint density at radius 1 is 1.41 bits per heavy atom. The Balaban J connectivity index is 6.64. The Bertz CT molecular complexity index is 526. The van der Waals surface area contributed by atoms with Crippen molar-refractivity contribution >= 4 is 11.8 Å². The number of carbonyl (C=O) groups excluding carboxylic acids is 1. The minimum Gasteiger partial charge on any atom is -0.481 e. The van der Waals surface area contributed by atoms with Crippen LogP contribution in [0.15, 0.2) is 0 Å². The van der Waals surface area contributed by atoms with Gasteiger partial charge in [-0.15, -0.1) is 0 Å². The molecule has 0 radical (unpaired) electrons. The Kier molecular flexibility index (Phi) is 2.48. The minimum atomic E-state index is -3.84. The number of aliphatic carboxylic acids is 1. The van der Waals surface area contributed by atoms with Crippen molar-refractivity contribution in [2.75, 3.05) is 27.0 Å². The van der Waals surface area contributed by atoms with Gasteiger partial charge >= 0.3 is 5.97 Å². The van der Waals surface area contributed by atoms with Crippen LogP contribution in [-0.4, -0.2) is 59.5 Å². The molecule has 0 aliphatic rings. The van der Waals surface area contributed by atoms with Crippen LogP contribution >= 0.6 is 0 Å². The first kappa shape index (κ1) is 6.29. The number of rotatable bonds is 8. The predicted molar refractivity (Wildman–Crippen MR) is 64.6 cm³/mol. The van der Waals surface area contributed by atoms with E-state index in [0.29, 0.717) is 0 Å². The van der Waals surface area contributed by atoms with Gasteiger partial charge in [-0.3, -0.25) is 9.59 Å². The van der Waals surface area contributed by atoms with Crippen LogP contribution in [-0.2, 0) is 9.59 Å². The minimum absolute atomic E-state index is 0.252. The molecule has 0 amide bonds. The van der Waals surface area contributed by atoms with Crippen LogP contribution in [0.2, 0.25) is 0 Å². The highest BCUT2D eigenvalue weighted by atomic mass is 16.4. The summed E-state index contributed by atoms with van der Waals surface area (Å²) in [4.78, 5) is 23.1. The molecule has 0 saturated carbocycles. The maximum absolute atomic E-state index is 12.2. The number of carboxylic acid groups (broad SMARTS) is 1. The van der Waals surface area contributed by atoms with Gasteiger partial charge in [0.25, 0.3) is 0 Å². The van der Waals surface area contributed by atoms with E-state index in [9.17, 15) is 14.7 Å². The van der Waals surface area contributed by atoms with Gasteiger partial charge in [0.05, 0.1) is 32.7 Å². The number of hydrogen-bond acceptors (Lipinski definition) is 3. The number of carboxylic acids is 1. The summed E-state index contributed by atoms with van der Waals surface area (Å²) in [5.41, 5.74) is 0. The van der Waals surface area contributed by atoms with Gasteiger partial charge < -0.3 is 14.7 Å². The van der Waals surface area contributed by atoms with Crippen LogP contribution in [0.25, 0.3) is 0 Å². The van der Waals surface area contributed by atoms with Gasteiger partial charge in [-0.1, -0.05) is 13.8 Å². The first-order valence-electron chi connectivity index (χ1n) is 9.57. The number of Topliss-reactive ketones (excluding diaryl/α,β-unsaturated/α-hetero) is 1. The van der Waals surface area contributed by atoms with E-state index in [1.54, 1.807) is 13.8 Å². The molecule has 0 aliphatic heterocycles. The molecule has 0 aromatic carbocycles. The zero-order chi connectivity index (χ0) is 21.4. The fraction of sp³-hybridized carbons (Fsp3) is 0.833. The molecular weight excluding hydrogens is 222 g/mol. The van der Waals surface area contributed by atoms with E-state index < -0.39 is 55.7 Å². The second-order valence-electron chi connectivity index (χ2n) is 4.23. The number of hydrogen-bond donors (Lipinski definition) is 2. The number of nitrogens with zero attached hydrogens (tertiary/aromatic N) is 1.